The zero-order chi connectivity index (χ0) is 20.2. The van der Waals surface area contributed by atoms with Crippen molar-refractivity contribution < 1.29 is 9.18 Å². The third-order valence-corrected chi connectivity index (χ3v) is 6.46. The number of fused-ring (bicyclic) bond motifs is 1. The van der Waals surface area contributed by atoms with Gasteiger partial charge in [0.25, 0.3) is 0 Å². The highest BCUT2D eigenvalue weighted by Gasteiger charge is 2.23. The third kappa shape index (κ3) is 4.55. The summed E-state index contributed by atoms with van der Waals surface area (Å²) in [5.74, 6) is 0.206. The molecule has 0 atom stereocenters. The number of thioether (sulfide) groups is 1. The quantitative estimate of drug-likeness (QED) is 0.575. The van der Waals surface area contributed by atoms with E-state index in [1.54, 1.807) is 24.3 Å². The van der Waals surface area contributed by atoms with Crippen LogP contribution in [0.4, 0.5) is 9.39 Å². The molecule has 1 aliphatic carbocycles. The Bertz CT molecular complexity index is 1110. The number of aromatic amines is 1. The number of carbonyl (C=O) groups is 1. The van der Waals surface area contributed by atoms with E-state index in [0.29, 0.717) is 21.5 Å². The van der Waals surface area contributed by atoms with Crippen molar-refractivity contribution in [2.24, 2.45) is 0 Å². The smallest absolute Gasteiger partial charge is 0.235 e. The number of amides is 1. The molecule has 1 amide bonds. The third-order valence-electron chi connectivity index (χ3n) is 4.40. The Morgan fingerprint density at radius 3 is 2.97 bits per heavy atom. The molecule has 146 valence electrons. The van der Waals surface area contributed by atoms with Crippen LogP contribution in [-0.4, -0.2) is 26.8 Å². The Hall–Kier alpha value is -2.96. The summed E-state index contributed by atoms with van der Waals surface area (Å²) >= 11 is 2.71. The maximum Gasteiger partial charge on any atom is 0.235 e. The van der Waals surface area contributed by atoms with Crippen LogP contribution in [0, 0.1) is 17.1 Å². The monoisotopic (exact) mass is 425 g/mol. The van der Waals surface area contributed by atoms with Crippen LogP contribution < -0.4 is 5.32 Å². The van der Waals surface area contributed by atoms with Crippen LogP contribution in [0.25, 0.3) is 12.2 Å². The van der Waals surface area contributed by atoms with Gasteiger partial charge in [-0.05, 0) is 48.6 Å². The molecule has 9 heteroatoms. The molecule has 2 heterocycles. The van der Waals surface area contributed by atoms with E-state index in [-0.39, 0.29) is 17.5 Å². The summed E-state index contributed by atoms with van der Waals surface area (Å²) in [5.41, 5.74) is 2.53. The van der Waals surface area contributed by atoms with Gasteiger partial charge in [0.1, 0.15) is 22.7 Å². The lowest BCUT2D eigenvalue weighted by Gasteiger charge is -2.02. The number of H-pyrrole nitrogens is 1. The molecule has 0 spiro atoms. The van der Waals surface area contributed by atoms with E-state index in [9.17, 15) is 14.4 Å². The highest BCUT2D eigenvalue weighted by Crippen LogP contribution is 2.38. The first kappa shape index (κ1) is 19.4. The standard InChI is InChI=1S/C20H16FN5OS2/c21-13-7-4-12(5-8-13)6-9-17-23-20(26-25-17)28-11-18(27)24-19-15(10-22)14-2-1-3-16(14)29-19/h4-9H,1-3,11H2,(H,24,27)(H,23,25,26)/b9-6+. The van der Waals surface area contributed by atoms with Gasteiger partial charge >= 0.3 is 0 Å². The first-order valence-corrected chi connectivity index (χ1v) is 10.8. The lowest BCUT2D eigenvalue weighted by Crippen LogP contribution is -2.14. The number of carbonyl (C=O) groups excluding carboxylic acids is 1. The zero-order valence-electron chi connectivity index (χ0n) is 15.2. The second-order valence-electron chi connectivity index (χ2n) is 6.40. The van der Waals surface area contributed by atoms with Crippen molar-refractivity contribution in [2.45, 2.75) is 24.4 Å². The number of nitrogens with zero attached hydrogens (tertiary/aromatic N) is 3. The number of aryl methyl sites for hydroxylation is 1. The van der Waals surface area contributed by atoms with E-state index in [1.165, 1.54) is 40.1 Å². The molecule has 2 aromatic heterocycles. The highest BCUT2D eigenvalue weighted by molar-refractivity contribution is 7.99. The minimum atomic E-state index is -0.284. The van der Waals surface area contributed by atoms with Crippen molar-refractivity contribution in [3.63, 3.8) is 0 Å². The summed E-state index contributed by atoms with van der Waals surface area (Å²) < 4.78 is 12.9. The number of hydrogen-bond donors (Lipinski definition) is 2. The van der Waals surface area contributed by atoms with Crippen molar-refractivity contribution >= 4 is 46.2 Å². The largest absolute Gasteiger partial charge is 0.316 e. The molecule has 1 aliphatic rings. The fourth-order valence-electron chi connectivity index (χ4n) is 3.05. The molecule has 0 radical (unpaired) electrons. The number of nitrogens with one attached hydrogen (secondary N) is 2. The van der Waals surface area contributed by atoms with Crippen LogP contribution in [0.5, 0.6) is 0 Å². The van der Waals surface area contributed by atoms with E-state index in [2.05, 4.69) is 26.6 Å². The van der Waals surface area contributed by atoms with Crippen molar-refractivity contribution in [1.29, 1.82) is 5.26 Å². The normalized spacial score (nSPS) is 12.8. The number of anilines is 1. The van der Waals surface area contributed by atoms with E-state index in [1.807, 2.05) is 0 Å². The van der Waals surface area contributed by atoms with Gasteiger partial charge in [-0.25, -0.2) is 9.37 Å². The Morgan fingerprint density at radius 2 is 2.17 bits per heavy atom. The number of rotatable bonds is 6. The molecule has 29 heavy (non-hydrogen) atoms. The van der Waals surface area contributed by atoms with E-state index < -0.39 is 0 Å². The average molecular weight is 426 g/mol. The number of nitriles is 1. The van der Waals surface area contributed by atoms with Crippen molar-refractivity contribution in [2.75, 3.05) is 11.1 Å². The highest BCUT2D eigenvalue weighted by atomic mass is 32.2. The summed E-state index contributed by atoms with van der Waals surface area (Å²) in [6, 6.07) is 8.33. The lowest BCUT2D eigenvalue weighted by atomic mass is 10.1. The van der Waals surface area contributed by atoms with Crippen LogP contribution in [0.1, 0.15) is 33.8 Å². The number of benzene rings is 1. The average Bonchev–Trinajstić information content (AvgIpc) is 3.42. The van der Waals surface area contributed by atoms with Gasteiger partial charge in [-0.3, -0.25) is 9.89 Å². The number of hydrogen-bond acceptors (Lipinski definition) is 6. The van der Waals surface area contributed by atoms with Gasteiger partial charge in [-0.2, -0.15) is 5.26 Å². The molecular formula is C20H16FN5OS2. The predicted molar refractivity (Wildman–Crippen MR) is 112 cm³/mol. The SMILES string of the molecule is N#Cc1c(NC(=O)CSc2n[nH]c(/C=C/c3ccc(F)cc3)n2)sc2c1CCC2. The summed E-state index contributed by atoms with van der Waals surface area (Å²) in [6.45, 7) is 0. The van der Waals surface area contributed by atoms with Gasteiger partial charge in [0.05, 0.1) is 11.3 Å². The van der Waals surface area contributed by atoms with Gasteiger partial charge in [0.2, 0.25) is 11.1 Å². The van der Waals surface area contributed by atoms with Crippen molar-refractivity contribution in [3.05, 3.63) is 57.5 Å². The first-order chi connectivity index (χ1) is 14.1. The van der Waals surface area contributed by atoms with Gasteiger partial charge in [0.15, 0.2) is 0 Å². The molecule has 4 rings (SSSR count). The van der Waals surface area contributed by atoms with Crippen LogP contribution in [0.15, 0.2) is 29.4 Å². The van der Waals surface area contributed by atoms with Gasteiger partial charge in [-0.15, -0.1) is 16.4 Å². The zero-order valence-corrected chi connectivity index (χ0v) is 16.9. The van der Waals surface area contributed by atoms with Crippen LogP contribution in [0.3, 0.4) is 0 Å². The topological polar surface area (TPSA) is 94.5 Å². The van der Waals surface area contributed by atoms with Gasteiger partial charge in [0, 0.05) is 4.88 Å². The predicted octanol–water partition coefficient (Wildman–Crippen LogP) is 4.27. The number of thiophene rings is 1. The lowest BCUT2D eigenvalue weighted by molar-refractivity contribution is -0.113. The Kier molecular flexibility index (Phi) is 5.74. The van der Waals surface area contributed by atoms with E-state index >= 15 is 0 Å². The van der Waals surface area contributed by atoms with Crippen LogP contribution >= 0.6 is 23.1 Å². The molecule has 0 fully saturated rings. The van der Waals surface area contributed by atoms with E-state index in [4.69, 9.17) is 0 Å². The molecule has 0 saturated heterocycles. The summed E-state index contributed by atoms with van der Waals surface area (Å²) in [4.78, 5) is 17.8. The van der Waals surface area contributed by atoms with Crippen LogP contribution in [-0.2, 0) is 17.6 Å². The molecule has 1 aromatic carbocycles. The molecule has 3 aromatic rings. The number of halogens is 1. The molecule has 0 unspecified atom stereocenters. The second-order valence-corrected chi connectivity index (χ2v) is 8.45. The summed E-state index contributed by atoms with van der Waals surface area (Å²) in [6.07, 6.45) is 6.48. The Morgan fingerprint density at radius 1 is 1.34 bits per heavy atom. The molecule has 6 nitrogen and oxygen atoms in total. The minimum Gasteiger partial charge on any atom is -0.316 e. The maximum absolute atomic E-state index is 12.9. The number of aromatic nitrogens is 3. The second kappa shape index (κ2) is 8.59. The first-order valence-electron chi connectivity index (χ1n) is 8.95. The molecule has 2 N–H and O–H groups in total. The Labute approximate surface area is 174 Å². The van der Waals surface area contributed by atoms with Crippen molar-refractivity contribution in [1.82, 2.24) is 15.2 Å². The van der Waals surface area contributed by atoms with Gasteiger partial charge < -0.3 is 5.32 Å². The van der Waals surface area contributed by atoms with Crippen molar-refractivity contribution in [3.8, 4) is 6.07 Å². The molecule has 0 bridgehead atoms. The molecule has 0 saturated carbocycles. The molecular weight excluding hydrogens is 409 g/mol. The fourth-order valence-corrected chi connectivity index (χ4v) is 4.91. The molecule has 0 aliphatic heterocycles. The fraction of sp³-hybridized carbons (Fsp3) is 0.200. The maximum atomic E-state index is 12.9. The summed E-state index contributed by atoms with van der Waals surface area (Å²) in [5, 5.41) is 20.2. The van der Waals surface area contributed by atoms with E-state index in [0.717, 1.165) is 30.4 Å². The Balaban J connectivity index is 1.32. The summed E-state index contributed by atoms with van der Waals surface area (Å²) in [7, 11) is 0. The van der Waals surface area contributed by atoms with Crippen LogP contribution in [0.2, 0.25) is 0 Å². The minimum absolute atomic E-state index is 0.145. The van der Waals surface area contributed by atoms with Gasteiger partial charge in [-0.1, -0.05) is 30.0 Å².